The highest BCUT2D eigenvalue weighted by Crippen LogP contribution is 2.21. The predicted molar refractivity (Wildman–Crippen MR) is 66.8 cm³/mol. The van der Waals surface area contributed by atoms with Crippen molar-refractivity contribution < 1.29 is 0 Å². The molecule has 0 fully saturated rings. The Labute approximate surface area is 96.3 Å². The second-order valence-electron chi connectivity index (χ2n) is 4.50. The van der Waals surface area contributed by atoms with Gasteiger partial charge in [0.15, 0.2) is 0 Å². The summed E-state index contributed by atoms with van der Waals surface area (Å²) in [6, 6.07) is 6.32. The van der Waals surface area contributed by atoms with Gasteiger partial charge in [-0.3, -0.25) is 0 Å². The van der Waals surface area contributed by atoms with Gasteiger partial charge in [0, 0.05) is 18.0 Å². The molecule has 0 aliphatic carbocycles. The lowest BCUT2D eigenvalue weighted by Crippen LogP contribution is -2.03. The lowest BCUT2D eigenvalue weighted by atomic mass is 10.2. The van der Waals surface area contributed by atoms with Crippen molar-refractivity contribution in [1.29, 1.82) is 0 Å². The highest BCUT2D eigenvalue weighted by atomic mass is 15.0. The average Bonchev–Trinajstić information content (AvgIpc) is 2.60. The van der Waals surface area contributed by atoms with Gasteiger partial charge < -0.3 is 10.1 Å². The molecule has 86 valence electrons. The third-order valence-corrected chi connectivity index (χ3v) is 2.86. The first-order valence-corrected chi connectivity index (χ1v) is 5.82. The molecule has 0 spiro atoms. The van der Waals surface area contributed by atoms with Crippen molar-refractivity contribution >= 4 is 5.52 Å². The predicted octanol–water partition coefficient (Wildman–Crippen LogP) is 2.27. The monoisotopic (exact) mass is 217 g/mol. The van der Waals surface area contributed by atoms with E-state index in [-0.39, 0.29) is 0 Å². The highest BCUT2D eigenvalue weighted by Gasteiger charge is 2.13. The van der Waals surface area contributed by atoms with Gasteiger partial charge in [0.1, 0.15) is 5.82 Å². The number of imidazole rings is 1. The summed E-state index contributed by atoms with van der Waals surface area (Å²) >= 11 is 0. The standard InChI is InChI=1S/C13H19N3/c1-9(2)13-15-11(7-8-14)12-6-4-5-10(3)16(12)13/h4-6,9H,7-8,14H2,1-3H3. The second kappa shape index (κ2) is 4.26. The fourth-order valence-electron chi connectivity index (χ4n) is 2.10. The smallest absolute Gasteiger partial charge is 0.116 e. The largest absolute Gasteiger partial charge is 0.330 e. The van der Waals surface area contributed by atoms with E-state index < -0.39 is 0 Å². The summed E-state index contributed by atoms with van der Waals surface area (Å²) in [5, 5.41) is 0. The molecule has 0 saturated heterocycles. The van der Waals surface area contributed by atoms with Crippen LogP contribution in [0.1, 0.15) is 37.0 Å². The molecule has 2 aromatic rings. The Hall–Kier alpha value is -1.35. The topological polar surface area (TPSA) is 43.3 Å². The van der Waals surface area contributed by atoms with Crippen LogP contribution in [0.2, 0.25) is 0 Å². The van der Waals surface area contributed by atoms with Crippen LogP contribution in [0.25, 0.3) is 5.52 Å². The SMILES string of the molecule is Cc1cccc2c(CCN)nc(C(C)C)n12. The molecule has 2 aromatic heterocycles. The van der Waals surface area contributed by atoms with Crippen molar-refractivity contribution in [3.63, 3.8) is 0 Å². The number of fused-ring (bicyclic) bond motifs is 1. The minimum atomic E-state index is 0.431. The first kappa shape index (κ1) is 11.1. The minimum Gasteiger partial charge on any atom is -0.330 e. The number of nitrogens with zero attached hydrogens (tertiary/aromatic N) is 2. The summed E-state index contributed by atoms with van der Waals surface area (Å²) in [4.78, 5) is 4.72. The molecule has 2 N–H and O–H groups in total. The average molecular weight is 217 g/mol. The van der Waals surface area contributed by atoms with Gasteiger partial charge in [-0.25, -0.2) is 4.98 Å². The molecule has 0 aromatic carbocycles. The Balaban J connectivity index is 2.71. The van der Waals surface area contributed by atoms with Crippen LogP contribution in [0.4, 0.5) is 0 Å². The first-order chi connectivity index (χ1) is 7.65. The molecule has 0 atom stereocenters. The van der Waals surface area contributed by atoms with Crippen LogP contribution < -0.4 is 5.73 Å². The molecule has 0 amide bonds. The van der Waals surface area contributed by atoms with Crippen LogP contribution in [0.3, 0.4) is 0 Å². The van der Waals surface area contributed by atoms with Crippen molar-refractivity contribution in [3.05, 3.63) is 35.4 Å². The van der Waals surface area contributed by atoms with Gasteiger partial charge >= 0.3 is 0 Å². The fraction of sp³-hybridized carbons (Fsp3) is 0.462. The molecular formula is C13H19N3. The Bertz CT molecular complexity index is 497. The molecule has 2 heterocycles. The van der Waals surface area contributed by atoms with Gasteiger partial charge in [-0.15, -0.1) is 0 Å². The molecular weight excluding hydrogens is 198 g/mol. The van der Waals surface area contributed by atoms with Crippen LogP contribution in [-0.2, 0) is 6.42 Å². The van der Waals surface area contributed by atoms with Gasteiger partial charge in [-0.05, 0) is 25.6 Å². The lowest BCUT2D eigenvalue weighted by Gasteiger charge is -2.06. The third kappa shape index (κ3) is 1.71. The van der Waals surface area contributed by atoms with Crippen molar-refractivity contribution in [2.24, 2.45) is 5.73 Å². The molecule has 0 bridgehead atoms. The summed E-state index contributed by atoms with van der Waals surface area (Å²) < 4.78 is 2.25. The first-order valence-electron chi connectivity index (χ1n) is 5.82. The van der Waals surface area contributed by atoms with Crippen molar-refractivity contribution in [2.45, 2.75) is 33.1 Å². The second-order valence-corrected chi connectivity index (χ2v) is 4.50. The molecule has 2 rings (SSSR count). The number of pyridine rings is 1. The number of nitrogens with two attached hydrogens (primary N) is 1. The molecule has 0 unspecified atom stereocenters. The van der Waals surface area contributed by atoms with E-state index in [1.54, 1.807) is 0 Å². The zero-order valence-corrected chi connectivity index (χ0v) is 10.2. The highest BCUT2D eigenvalue weighted by molar-refractivity contribution is 5.54. The molecule has 0 radical (unpaired) electrons. The van der Waals surface area contributed by atoms with E-state index in [0.29, 0.717) is 12.5 Å². The normalized spacial score (nSPS) is 11.6. The quantitative estimate of drug-likeness (QED) is 0.857. The number of rotatable bonds is 3. The minimum absolute atomic E-state index is 0.431. The Morgan fingerprint density at radius 1 is 1.38 bits per heavy atom. The summed E-state index contributed by atoms with van der Waals surface area (Å²) in [5.41, 5.74) is 9.18. The molecule has 16 heavy (non-hydrogen) atoms. The summed E-state index contributed by atoms with van der Waals surface area (Å²) in [5.74, 6) is 1.57. The maximum Gasteiger partial charge on any atom is 0.116 e. The van der Waals surface area contributed by atoms with Gasteiger partial charge in [0.05, 0.1) is 11.2 Å². The fourth-order valence-corrected chi connectivity index (χ4v) is 2.10. The van der Waals surface area contributed by atoms with E-state index in [1.165, 1.54) is 11.2 Å². The van der Waals surface area contributed by atoms with Crippen molar-refractivity contribution in [2.75, 3.05) is 6.54 Å². The number of hydrogen-bond acceptors (Lipinski definition) is 2. The number of aryl methyl sites for hydroxylation is 1. The van der Waals surface area contributed by atoms with E-state index in [0.717, 1.165) is 17.9 Å². The van der Waals surface area contributed by atoms with Crippen LogP contribution in [0.5, 0.6) is 0 Å². The summed E-state index contributed by atoms with van der Waals surface area (Å²) in [7, 11) is 0. The molecule has 3 nitrogen and oxygen atoms in total. The summed E-state index contributed by atoms with van der Waals surface area (Å²) in [6.45, 7) is 7.12. The zero-order valence-electron chi connectivity index (χ0n) is 10.2. The van der Waals surface area contributed by atoms with Crippen molar-refractivity contribution in [3.8, 4) is 0 Å². The van der Waals surface area contributed by atoms with Crippen LogP contribution in [0, 0.1) is 6.92 Å². The summed E-state index contributed by atoms with van der Waals surface area (Å²) in [6.07, 6.45) is 0.847. The van der Waals surface area contributed by atoms with Crippen molar-refractivity contribution in [1.82, 2.24) is 9.38 Å². The van der Waals surface area contributed by atoms with Crippen LogP contribution in [-0.4, -0.2) is 15.9 Å². The van der Waals surface area contributed by atoms with E-state index in [2.05, 4.69) is 43.4 Å². The van der Waals surface area contributed by atoms with E-state index in [9.17, 15) is 0 Å². The van der Waals surface area contributed by atoms with E-state index >= 15 is 0 Å². The molecule has 0 aliphatic rings. The number of aromatic nitrogens is 2. The third-order valence-electron chi connectivity index (χ3n) is 2.86. The van der Waals surface area contributed by atoms with Gasteiger partial charge in [0.2, 0.25) is 0 Å². The maximum absolute atomic E-state index is 5.63. The van der Waals surface area contributed by atoms with Crippen LogP contribution >= 0.6 is 0 Å². The van der Waals surface area contributed by atoms with Gasteiger partial charge in [-0.2, -0.15) is 0 Å². The Kier molecular flexibility index (Phi) is 2.97. The van der Waals surface area contributed by atoms with E-state index in [4.69, 9.17) is 10.7 Å². The number of hydrogen-bond donors (Lipinski definition) is 1. The lowest BCUT2D eigenvalue weighted by molar-refractivity contribution is 0.757. The van der Waals surface area contributed by atoms with Gasteiger partial charge in [0.25, 0.3) is 0 Å². The van der Waals surface area contributed by atoms with E-state index in [1.807, 2.05) is 0 Å². The van der Waals surface area contributed by atoms with Gasteiger partial charge in [-0.1, -0.05) is 19.9 Å². The molecule has 0 aliphatic heterocycles. The Morgan fingerprint density at radius 2 is 2.12 bits per heavy atom. The Morgan fingerprint density at radius 3 is 2.75 bits per heavy atom. The zero-order chi connectivity index (χ0) is 11.7. The molecule has 0 saturated carbocycles. The maximum atomic E-state index is 5.63. The molecule has 3 heteroatoms. The van der Waals surface area contributed by atoms with Crippen LogP contribution in [0.15, 0.2) is 18.2 Å².